The topological polar surface area (TPSA) is 95.3 Å². The number of rotatable bonds is 6. The standard InChI is InChI=1S/C23H16N4O3S/c28-20(16-7-3-1-4-8-16)17-11-13-27(14-12-17)21-19(31-23(30)25-21)15-24-26-22(29)18-9-5-2-6-10-18/h1-15,28H/p+1. The van der Waals surface area contributed by atoms with Crippen molar-refractivity contribution in [3.8, 4) is 5.82 Å². The molecule has 0 atom stereocenters. The summed E-state index contributed by atoms with van der Waals surface area (Å²) in [6.45, 7) is 0. The summed E-state index contributed by atoms with van der Waals surface area (Å²) in [5, 5.41) is 3.96. The highest BCUT2D eigenvalue weighted by atomic mass is 32.1. The van der Waals surface area contributed by atoms with Gasteiger partial charge in [0.05, 0.1) is 18.6 Å². The Morgan fingerprint density at radius 1 is 0.871 bits per heavy atom. The van der Waals surface area contributed by atoms with Gasteiger partial charge in [0.25, 0.3) is 5.91 Å². The molecular weight excluding hydrogens is 412 g/mol. The molecule has 4 aromatic rings. The fraction of sp³-hybridized carbons (Fsp3) is 0. The molecule has 0 aliphatic carbocycles. The van der Waals surface area contributed by atoms with Crippen molar-refractivity contribution in [3.63, 3.8) is 0 Å². The maximum atomic E-state index is 12.6. The number of hydrogen-bond donors (Lipinski definition) is 2. The second-order valence-electron chi connectivity index (χ2n) is 6.48. The second kappa shape index (κ2) is 9.10. The summed E-state index contributed by atoms with van der Waals surface area (Å²) in [5.41, 5.74) is 4.06. The highest BCUT2D eigenvalue weighted by Gasteiger charge is 2.17. The number of amides is 1. The summed E-state index contributed by atoms with van der Waals surface area (Å²) in [5.74, 6) is 0.0566. The smallest absolute Gasteiger partial charge is 0.289 e. The molecule has 0 saturated heterocycles. The zero-order valence-corrected chi connectivity index (χ0v) is 17.0. The van der Waals surface area contributed by atoms with Crippen molar-refractivity contribution in [2.45, 2.75) is 0 Å². The summed E-state index contributed by atoms with van der Waals surface area (Å²) in [7, 11) is 0. The number of aromatic nitrogens is 2. The molecule has 0 unspecified atom stereocenters. The Hall–Kier alpha value is -4.17. The Labute approximate surface area is 181 Å². The van der Waals surface area contributed by atoms with Crippen LogP contribution in [0.1, 0.15) is 31.2 Å². The van der Waals surface area contributed by atoms with Gasteiger partial charge in [-0.25, -0.2) is 14.8 Å². The molecule has 2 aromatic heterocycles. The van der Waals surface area contributed by atoms with Gasteiger partial charge in [-0.15, -0.1) is 0 Å². The van der Waals surface area contributed by atoms with E-state index in [4.69, 9.17) is 0 Å². The third-order valence-corrected chi connectivity index (χ3v) is 5.23. The van der Waals surface area contributed by atoms with E-state index in [1.165, 1.54) is 6.21 Å². The third kappa shape index (κ3) is 4.71. The maximum absolute atomic E-state index is 12.6. The summed E-state index contributed by atoms with van der Waals surface area (Å²) >= 11 is 0.965. The molecule has 0 fully saturated rings. The number of ketones is 1. The molecule has 0 aliphatic heterocycles. The number of nitrogens with one attached hydrogen (secondary N) is 2. The van der Waals surface area contributed by atoms with E-state index in [9.17, 15) is 14.4 Å². The van der Waals surface area contributed by atoms with Gasteiger partial charge in [-0.3, -0.25) is 9.59 Å². The van der Waals surface area contributed by atoms with Crippen molar-refractivity contribution in [3.05, 3.63) is 116 Å². The van der Waals surface area contributed by atoms with Gasteiger partial charge in [-0.2, -0.15) is 10.1 Å². The Balaban J connectivity index is 1.52. The molecule has 7 nitrogen and oxygen atoms in total. The number of pyridine rings is 1. The molecule has 4 rings (SSSR count). The molecule has 2 heterocycles. The summed E-state index contributed by atoms with van der Waals surface area (Å²) in [6, 6.07) is 21.1. The minimum Gasteiger partial charge on any atom is -0.289 e. The summed E-state index contributed by atoms with van der Waals surface area (Å²) in [4.78, 5) is 39.6. The van der Waals surface area contributed by atoms with Crippen LogP contribution < -0.4 is 14.9 Å². The predicted molar refractivity (Wildman–Crippen MR) is 118 cm³/mol. The number of hydrazone groups is 1. The van der Waals surface area contributed by atoms with Crippen LogP contribution in [0.3, 0.4) is 0 Å². The monoisotopic (exact) mass is 429 g/mol. The fourth-order valence-corrected chi connectivity index (χ4v) is 3.60. The molecule has 0 radical (unpaired) electrons. The van der Waals surface area contributed by atoms with Crippen LogP contribution in [0.5, 0.6) is 0 Å². The molecule has 152 valence electrons. The van der Waals surface area contributed by atoms with E-state index >= 15 is 0 Å². The zero-order chi connectivity index (χ0) is 21.6. The maximum Gasteiger partial charge on any atom is 0.390 e. The van der Waals surface area contributed by atoms with Crippen LogP contribution in [-0.4, -0.2) is 22.9 Å². The van der Waals surface area contributed by atoms with Crippen LogP contribution in [0.25, 0.3) is 5.82 Å². The Bertz CT molecular complexity index is 1290. The van der Waals surface area contributed by atoms with Crippen LogP contribution in [0, 0.1) is 0 Å². The minimum atomic E-state index is -0.349. The molecule has 1 amide bonds. The van der Waals surface area contributed by atoms with Crippen LogP contribution in [0.15, 0.2) is 95.1 Å². The fourth-order valence-electron chi connectivity index (χ4n) is 2.90. The molecule has 0 bridgehead atoms. The Morgan fingerprint density at radius 2 is 1.45 bits per heavy atom. The number of H-pyrrole nitrogens is 1. The Morgan fingerprint density at radius 3 is 2.10 bits per heavy atom. The van der Waals surface area contributed by atoms with E-state index in [0.717, 1.165) is 11.3 Å². The quantitative estimate of drug-likeness (QED) is 0.214. The highest BCUT2D eigenvalue weighted by Crippen LogP contribution is 2.10. The lowest BCUT2D eigenvalue weighted by atomic mass is 10.0. The van der Waals surface area contributed by atoms with Gasteiger partial charge in [-0.05, 0) is 35.6 Å². The van der Waals surface area contributed by atoms with E-state index < -0.39 is 0 Å². The van der Waals surface area contributed by atoms with Gasteiger partial charge in [0, 0.05) is 16.7 Å². The number of aromatic amines is 1. The normalized spacial score (nSPS) is 10.8. The van der Waals surface area contributed by atoms with Gasteiger partial charge >= 0.3 is 10.7 Å². The number of carbonyl (C=O) groups excluding carboxylic acids is 2. The van der Waals surface area contributed by atoms with Gasteiger partial charge in [0.2, 0.25) is 0 Å². The Kier molecular flexibility index (Phi) is 5.91. The average Bonchev–Trinajstić information content (AvgIpc) is 3.20. The van der Waals surface area contributed by atoms with Crippen molar-refractivity contribution in [1.82, 2.24) is 10.4 Å². The first kappa shape index (κ1) is 20.1. The van der Waals surface area contributed by atoms with Gasteiger partial charge in [-0.1, -0.05) is 48.5 Å². The van der Waals surface area contributed by atoms with Crippen molar-refractivity contribution >= 4 is 29.2 Å². The van der Waals surface area contributed by atoms with E-state index in [-0.39, 0.29) is 16.6 Å². The van der Waals surface area contributed by atoms with E-state index in [1.54, 1.807) is 65.5 Å². The van der Waals surface area contributed by atoms with Crippen LogP contribution in [0.2, 0.25) is 0 Å². The largest absolute Gasteiger partial charge is 0.390 e. The molecule has 8 heteroatoms. The zero-order valence-electron chi connectivity index (χ0n) is 16.2. The molecule has 2 N–H and O–H groups in total. The minimum absolute atomic E-state index is 0.0861. The summed E-state index contributed by atoms with van der Waals surface area (Å²) < 4.78 is 1.68. The molecule has 0 saturated carbocycles. The first-order valence-electron chi connectivity index (χ1n) is 9.35. The predicted octanol–water partition coefficient (Wildman–Crippen LogP) is 2.71. The van der Waals surface area contributed by atoms with Gasteiger partial charge in [0.15, 0.2) is 5.78 Å². The molecule has 0 spiro atoms. The second-order valence-corrected chi connectivity index (χ2v) is 7.50. The van der Waals surface area contributed by atoms with Crippen LogP contribution >= 0.6 is 11.3 Å². The van der Waals surface area contributed by atoms with E-state index in [2.05, 4.69) is 15.5 Å². The lowest BCUT2D eigenvalue weighted by Gasteiger charge is -2.02. The number of carbonyl (C=O) groups is 2. The number of nitrogens with zero attached hydrogens (tertiary/aromatic N) is 2. The summed E-state index contributed by atoms with van der Waals surface area (Å²) in [6.07, 6.45) is 4.79. The molecular formula is C23H17N4O3S+. The van der Waals surface area contributed by atoms with Crippen molar-refractivity contribution in [2.24, 2.45) is 5.10 Å². The van der Waals surface area contributed by atoms with Gasteiger partial charge in [0.1, 0.15) is 4.88 Å². The first-order valence-corrected chi connectivity index (χ1v) is 10.2. The lowest BCUT2D eigenvalue weighted by molar-refractivity contribution is -0.599. The van der Waals surface area contributed by atoms with E-state index in [1.807, 2.05) is 24.3 Å². The molecule has 2 aromatic carbocycles. The SMILES string of the molecule is O=C(N/N=C\c1sc(=O)[nH]c1-[n+]1ccc(C(=O)c2ccccc2)cc1)c1ccccc1. The van der Waals surface area contributed by atoms with Crippen molar-refractivity contribution in [1.29, 1.82) is 0 Å². The van der Waals surface area contributed by atoms with E-state index in [0.29, 0.717) is 27.4 Å². The highest BCUT2D eigenvalue weighted by molar-refractivity contribution is 7.11. The number of benzene rings is 2. The number of hydrogen-bond acceptors (Lipinski definition) is 5. The third-order valence-electron chi connectivity index (χ3n) is 4.43. The first-order chi connectivity index (χ1) is 15.1. The van der Waals surface area contributed by atoms with Crippen molar-refractivity contribution in [2.75, 3.05) is 0 Å². The van der Waals surface area contributed by atoms with Crippen LogP contribution in [0.4, 0.5) is 0 Å². The molecule has 0 aliphatic rings. The lowest BCUT2D eigenvalue weighted by Crippen LogP contribution is -2.32. The van der Waals surface area contributed by atoms with Crippen molar-refractivity contribution < 1.29 is 14.2 Å². The average molecular weight is 429 g/mol. The van der Waals surface area contributed by atoms with Crippen LogP contribution in [-0.2, 0) is 0 Å². The van der Waals surface area contributed by atoms with Gasteiger partial charge < -0.3 is 0 Å². The number of thiazole rings is 1. The molecule has 31 heavy (non-hydrogen) atoms.